The number of rotatable bonds is 2. The Hall–Kier alpha value is -1.56. The van der Waals surface area contributed by atoms with Crippen molar-refractivity contribution < 1.29 is 9.59 Å². The minimum absolute atomic E-state index is 0.0996. The third-order valence-corrected chi connectivity index (χ3v) is 3.12. The van der Waals surface area contributed by atoms with Gasteiger partial charge in [0.15, 0.2) is 0 Å². The highest BCUT2D eigenvalue weighted by Gasteiger charge is 2.25. The summed E-state index contributed by atoms with van der Waals surface area (Å²) in [6, 6.07) is 4.80. The van der Waals surface area contributed by atoms with Crippen molar-refractivity contribution in [1.82, 2.24) is 10.3 Å². The van der Waals surface area contributed by atoms with E-state index in [1.807, 2.05) is 0 Å². The van der Waals surface area contributed by atoms with Gasteiger partial charge in [-0.2, -0.15) is 0 Å². The molecule has 0 aliphatic carbocycles. The lowest BCUT2D eigenvalue weighted by Crippen LogP contribution is -2.49. The van der Waals surface area contributed by atoms with Gasteiger partial charge < -0.3 is 10.6 Å². The Morgan fingerprint density at radius 1 is 1.56 bits per heavy atom. The maximum atomic E-state index is 11.7. The van der Waals surface area contributed by atoms with Crippen molar-refractivity contribution in [2.24, 2.45) is 0 Å². The zero-order valence-electron chi connectivity index (χ0n) is 8.47. The molecule has 1 fully saturated rings. The number of nitrogens with zero attached hydrogens (tertiary/aromatic N) is 1. The van der Waals surface area contributed by atoms with Crippen LogP contribution in [0.3, 0.4) is 0 Å². The molecule has 0 bridgehead atoms. The minimum atomic E-state index is -0.465. The average molecular weight is 237 g/mol. The molecule has 1 unspecified atom stereocenters. The first-order valence-electron chi connectivity index (χ1n) is 4.85. The van der Waals surface area contributed by atoms with Gasteiger partial charge in [0.25, 0.3) is 0 Å². The molecule has 1 aromatic heterocycles. The van der Waals surface area contributed by atoms with E-state index in [4.69, 9.17) is 0 Å². The molecule has 1 aromatic rings. The van der Waals surface area contributed by atoms with Crippen molar-refractivity contribution >= 4 is 29.4 Å². The Bertz CT molecular complexity index is 396. The Balaban J connectivity index is 1.95. The van der Waals surface area contributed by atoms with Crippen molar-refractivity contribution in [3.8, 4) is 0 Å². The Kier molecular flexibility index (Phi) is 3.40. The highest BCUT2D eigenvalue weighted by atomic mass is 32.2. The third-order valence-electron chi connectivity index (χ3n) is 2.09. The van der Waals surface area contributed by atoms with E-state index in [0.29, 0.717) is 17.3 Å². The molecule has 16 heavy (non-hydrogen) atoms. The summed E-state index contributed by atoms with van der Waals surface area (Å²) < 4.78 is 0. The predicted octanol–water partition coefficient (Wildman–Crippen LogP) is 0.252. The van der Waals surface area contributed by atoms with Gasteiger partial charge in [-0.25, -0.2) is 4.98 Å². The second-order valence-corrected chi connectivity index (χ2v) is 4.37. The Labute approximate surface area is 97.0 Å². The lowest BCUT2D eigenvalue weighted by Gasteiger charge is -2.21. The fourth-order valence-corrected chi connectivity index (χ4v) is 2.20. The van der Waals surface area contributed by atoms with Gasteiger partial charge >= 0.3 is 0 Å². The maximum Gasteiger partial charge on any atom is 0.248 e. The molecular weight excluding hydrogens is 226 g/mol. The molecule has 0 spiro atoms. The molecule has 1 aliphatic heterocycles. The van der Waals surface area contributed by atoms with Crippen LogP contribution in [0.15, 0.2) is 24.4 Å². The lowest BCUT2D eigenvalue weighted by atomic mass is 10.3. The van der Waals surface area contributed by atoms with Crippen LogP contribution in [0, 0.1) is 0 Å². The highest BCUT2D eigenvalue weighted by molar-refractivity contribution is 8.00. The molecular formula is C10H11N3O2S. The largest absolute Gasteiger partial charge is 0.343 e. The predicted molar refractivity (Wildman–Crippen MR) is 62.1 cm³/mol. The molecule has 0 radical (unpaired) electrons. The van der Waals surface area contributed by atoms with Crippen molar-refractivity contribution in [2.75, 3.05) is 16.8 Å². The number of nitrogens with one attached hydrogen (secondary N) is 2. The van der Waals surface area contributed by atoms with Crippen LogP contribution in [0.4, 0.5) is 5.82 Å². The summed E-state index contributed by atoms with van der Waals surface area (Å²) in [4.78, 5) is 26.8. The molecule has 6 heteroatoms. The zero-order chi connectivity index (χ0) is 11.4. The van der Waals surface area contributed by atoms with E-state index in [1.54, 1.807) is 24.4 Å². The first kappa shape index (κ1) is 10.9. The molecule has 84 valence electrons. The molecule has 5 nitrogen and oxygen atoms in total. The molecule has 2 rings (SSSR count). The van der Waals surface area contributed by atoms with E-state index in [-0.39, 0.29) is 11.8 Å². The van der Waals surface area contributed by atoms with E-state index in [1.165, 1.54) is 11.8 Å². The number of hydrogen-bond acceptors (Lipinski definition) is 4. The van der Waals surface area contributed by atoms with Crippen LogP contribution in [-0.2, 0) is 9.59 Å². The molecule has 2 amide bonds. The van der Waals surface area contributed by atoms with Crippen molar-refractivity contribution in [3.63, 3.8) is 0 Å². The van der Waals surface area contributed by atoms with Gasteiger partial charge in [0.1, 0.15) is 11.9 Å². The minimum Gasteiger partial charge on any atom is -0.343 e. The van der Waals surface area contributed by atoms with Crippen LogP contribution in [0.1, 0.15) is 0 Å². The monoisotopic (exact) mass is 237 g/mol. The quantitative estimate of drug-likeness (QED) is 0.773. The zero-order valence-corrected chi connectivity index (χ0v) is 9.29. The van der Waals surface area contributed by atoms with E-state index in [0.717, 1.165) is 0 Å². The molecule has 0 saturated carbocycles. The number of aromatic nitrogens is 1. The number of amides is 2. The number of pyridine rings is 1. The number of carbonyl (C=O) groups excluding carboxylic acids is 2. The first-order chi connectivity index (χ1) is 7.75. The van der Waals surface area contributed by atoms with Crippen molar-refractivity contribution in [3.05, 3.63) is 24.4 Å². The van der Waals surface area contributed by atoms with Crippen molar-refractivity contribution in [1.29, 1.82) is 0 Å². The molecule has 1 atom stereocenters. The van der Waals surface area contributed by atoms with Crippen LogP contribution in [-0.4, -0.2) is 34.3 Å². The van der Waals surface area contributed by atoms with E-state index in [9.17, 15) is 9.59 Å². The number of anilines is 1. The normalized spacial score (nSPS) is 20.0. The highest BCUT2D eigenvalue weighted by Crippen LogP contribution is 2.10. The van der Waals surface area contributed by atoms with Crippen LogP contribution >= 0.6 is 11.8 Å². The fourth-order valence-electron chi connectivity index (χ4n) is 1.34. The van der Waals surface area contributed by atoms with E-state index < -0.39 is 6.04 Å². The third kappa shape index (κ3) is 2.73. The fraction of sp³-hybridized carbons (Fsp3) is 0.300. The van der Waals surface area contributed by atoms with Crippen LogP contribution in [0.2, 0.25) is 0 Å². The van der Waals surface area contributed by atoms with Crippen molar-refractivity contribution in [2.45, 2.75) is 6.04 Å². The van der Waals surface area contributed by atoms with Crippen LogP contribution in [0.5, 0.6) is 0 Å². The van der Waals surface area contributed by atoms with Gasteiger partial charge in [0, 0.05) is 11.9 Å². The summed E-state index contributed by atoms with van der Waals surface area (Å²) in [7, 11) is 0. The van der Waals surface area contributed by atoms with Gasteiger partial charge in [-0.05, 0) is 12.1 Å². The average Bonchev–Trinajstić information content (AvgIpc) is 2.30. The lowest BCUT2D eigenvalue weighted by molar-refractivity contribution is -0.124. The topological polar surface area (TPSA) is 71.1 Å². The smallest absolute Gasteiger partial charge is 0.248 e. The van der Waals surface area contributed by atoms with E-state index >= 15 is 0 Å². The van der Waals surface area contributed by atoms with Gasteiger partial charge in [0.05, 0.1) is 5.75 Å². The van der Waals surface area contributed by atoms with Gasteiger partial charge in [-0.1, -0.05) is 6.07 Å². The van der Waals surface area contributed by atoms with Crippen LogP contribution in [0.25, 0.3) is 0 Å². The number of hydrogen-bond donors (Lipinski definition) is 2. The Morgan fingerprint density at radius 3 is 3.12 bits per heavy atom. The number of carbonyl (C=O) groups is 2. The SMILES string of the molecule is O=C1CSCC(C(=O)Nc2ccccn2)N1. The molecule has 1 aliphatic rings. The van der Waals surface area contributed by atoms with Gasteiger partial charge in [0.2, 0.25) is 11.8 Å². The Morgan fingerprint density at radius 2 is 2.44 bits per heavy atom. The summed E-state index contributed by atoms with van der Waals surface area (Å²) in [5.41, 5.74) is 0. The number of thioether (sulfide) groups is 1. The van der Waals surface area contributed by atoms with Gasteiger partial charge in [-0.15, -0.1) is 11.8 Å². The second-order valence-electron chi connectivity index (χ2n) is 3.34. The van der Waals surface area contributed by atoms with Crippen LogP contribution < -0.4 is 10.6 Å². The molecule has 1 saturated heterocycles. The standard InChI is InChI=1S/C10H11N3O2S/c14-9-6-16-5-7(12-9)10(15)13-8-3-1-2-4-11-8/h1-4,7H,5-6H2,(H,12,14)(H,11,13,15). The molecule has 0 aromatic carbocycles. The van der Waals surface area contributed by atoms with Gasteiger partial charge in [-0.3, -0.25) is 9.59 Å². The molecule has 2 N–H and O–H groups in total. The summed E-state index contributed by atoms with van der Waals surface area (Å²) in [6.45, 7) is 0. The maximum absolute atomic E-state index is 11.7. The van der Waals surface area contributed by atoms with E-state index in [2.05, 4.69) is 15.6 Å². The molecule has 2 heterocycles. The summed E-state index contributed by atoms with van der Waals surface area (Å²) in [5.74, 6) is 1.20. The summed E-state index contributed by atoms with van der Waals surface area (Å²) in [5, 5.41) is 5.29. The summed E-state index contributed by atoms with van der Waals surface area (Å²) in [6.07, 6.45) is 1.60. The second kappa shape index (κ2) is 4.98. The summed E-state index contributed by atoms with van der Waals surface area (Å²) >= 11 is 1.46. The first-order valence-corrected chi connectivity index (χ1v) is 6.00.